The van der Waals surface area contributed by atoms with Crippen molar-refractivity contribution in [3.05, 3.63) is 82.5 Å². The molecule has 0 aromatic heterocycles. The van der Waals surface area contributed by atoms with Gasteiger partial charge in [-0.2, -0.15) is 0 Å². The summed E-state index contributed by atoms with van der Waals surface area (Å²) >= 11 is 0. The van der Waals surface area contributed by atoms with Crippen molar-refractivity contribution in [2.24, 2.45) is 5.92 Å². The summed E-state index contributed by atoms with van der Waals surface area (Å²) in [5.74, 6) is 0.962. The molecular formula is C22H28Si. The zero-order valence-corrected chi connectivity index (χ0v) is 16.2. The second kappa shape index (κ2) is 6.49. The molecule has 0 spiro atoms. The van der Waals surface area contributed by atoms with Gasteiger partial charge in [-0.15, -0.1) is 0 Å². The van der Waals surface area contributed by atoms with Crippen LogP contribution in [-0.2, 0) is 0 Å². The largest absolute Gasteiger partial charge is 0.0714 e. The quantitative estimate of drug-likeness (QED) is 0.596. The Balaban J connectivity index is 2.15. The average Bonchev–Trinajstić information content (AvgIpc) is 2.73. The molecule has 1 aromatic carbocycles. The maximum atomic E-state index is 2.49. The maximum absolute atomic E-state index is 2.49. The van der Waals surface area contributed by atoms with Crippen LogP contribution in [0.5, 0.6) is 0 Å². The SMILES string of the molecule is CC1=CC2=C(C=CC(C(C)C)=CC2c2ccccc2)C1[SiH](C)C. The van der Waals surface area contributed by atoms with Crippen LogP contribution < -0.4 is 0 Å². The van der Waals surface area contributed by atoms with Crippen LogP contribution in [0.25, 0.3) is 0 Å². The minimum absolute atomic E-state index is 0.395. The Hall–Kier alpha value is -1.60. The Morgan fingerprint density at radius 1 is 0.957 bits per heavy atom. The van der Waals surface area contributed by atoms with E-state index >= 15 is 0 Å². The average molecular weight is 321 g/mol. The lowest BCUT2D eigenvalue weighted by Gasteiger charge is -2.20. The molecule has 2 unspecified atom stereocenters. The van der Waals surface area contributed by atoms with Crippen LogP contribution in [0.2, 0.25) is 18.6 Å². The van der Waals surface area contributed by atoms with Crippen molar-refractivity contribution in [2.75, 3.05) is 0 Å². The summed E-state index contributed by atoms with van der Waals surface area (Å²) in [7, 11) is -0.762. The first kappa shape index (κ1) is 16.3. The summed E-state index contributed by atoms with van der Waals surface area (Å²) in [6, 6.07) is 11.0. The fourth-order valence-corrected chi connectivity index (χ4v) is 6.21. The third kappa shape index (κ3) is 3.07. The van der Waals surface area contributed by atoms with E-state index in [0.29, 0.717) is 17.4 Å². The van der Waals surface area contributed by atoms with Crippen LogP contribution in [-0.4, -0.2) is 8.80 Å². The molecular weight excluding hydrogens is 292 g/mol. The highest BCUT2D eigenvalue weighted by molar-refractivity contribution is 6.59. The van der Waals surface area contributed by atoms with Gasteiger partial charge in [-0.1, -0.05) is 87.2 Å². The summed E-state index contributed by atoms with van der Waals surface area (Å²) in [6.45, 7) is 11.9. The minimum atomic E-state index is -0.762. The summed E-state index contributed by atoms with van der Waals surface area (Å²) in [6.07, 6.45) is 9.77. The molecule has 120 valence electrons. The molecule has 3 rings (SSSR count). The van der Waals surface area contributed by atoms with Crippen LogP contribution in [0, 0.1) is 5.92 Å². The van der Waals surface area contributed by atoms with E-state index in [1.807, 2.05) is 0 Å². The molecule has 1 aromatic rings. The van der Waals surface area contributed by atoms with Gasteiger partial charge in [0.05, 0.1) is 0 Å². The van der Waals surface area contributed by atoms with Crippen molar-refractivity contribution in [3.63, 3.8) is 0 Å². The third-order valence-corrected chi connectivity index (χ3v) is 7.40. The Bertz CT molecular complexity index is 699. The predicted octanol–water partition coefficient (Wildman–Crippen LogP) is 6.04. The Labute approximate surface area is 142 Å². The van der Waals surface area contributed by atoms with E-state index in [9.17, 15) is 0 Å². The number of hydrogen-bond acceptors (Lipinski definition) is 0. The van der Waals surface area contributed by atoms with E-state index < -0.39 is 8.80 Å². The highest BCUT2D eigenvalue weighted by atomic mass is 28.3. The van der Waals surface area contributed by atoms with Crippen LogP contribution in [0.3, 0.4) is 0 Å². The van der Waals surface area contributed by atoms with Gasteiger partial charge in [0.2, 0.25) is 0 Å². The Kier molecular flexibility index (Phi) is 4.59. The van der Waals surface area contributed by atoms with Gasteiger partial charge in [-0.25, -0.2) is 0 Å². The van der Waals surface area contributed by atoms with Gasteiger partial charge in [-0.3, -0.25) is 0 Å². The molecule has 0 heterocycles. The number of allylic oxidation sites excluding steroid dienone is 8. The molecule has 0 fully saturated rings. The number of rotatable bonds is 3. The Morgan fingerprint density at radius 2 is 1.65 bits per heavy atom. The van der Waals surface area contributed by atoms with E-state index in [2.05, 4.69) is 88.5 Å². The van der Waals surface area contributed by atoms with Gasteiger partial charge in [0.1, 0.15) is 0 Å². The van der Waals surface area contributed by atoms with Gasteiger partial charge in [0.25, 0.3) is 0 Å². The van der Waals surface area contributed by atoms with Gasteiger partial charge in [0.15, 0.2) is 0 Å². The summed E-state index contributed by atoms with van der Waals surface area (Å²) < 4.78 is 0. The molecule has 2 aliphatic carbocycles. The topological polar surface area (TPSA) is 0 Å². The molecule has 0 bridgehead atoms. The van der Waals surface area contributed by atoms with Gasteiger partial charge in [0, 0.05) is 14.7 Å². The molecule has 0 aliphatic heterocycles. The van der Waals surface area contributed by atoms with Crippen LogP contribution in [0.1, 0.15) is 32.3 Å². The van der Waals surface area contributed by atoms with Crippen molar-refractivity contribution < 1.29 is 0 Å². The zero-order valence-electron chi connectivity index (χ0n) is 15.0. The first-order valence-corrected chi connectivity index (χ1v) is 11.8. The van der Waals surface area contributed by atoms with Crippen molar-refractivity contribution in [1.82, 2.24) is 0 Å². The van der Waals surface area contributed by atoms with Gasteiger partial charge >= 0.3 is 0 Å². The Morgan fingerprint density at radius 3 is 2.26 bits per heavy atom. The van der Waals surface area contributed by atoms with E-state index in [4.69, 9.17) is 0 Å². The van der Waals surface area contributed by atoms with Crippen LogP contribution in [0.4, 0.5) is 0 Å². The van der Waals surface area contributed by atoms with E-state index in [-0.39, 0.29) is 0 Å². The monoisotopic (exact) mass is 320 g/mol. The fraction of sp³-hybridized carbons (Fsp3) is 0.364. The molecule has 1 heteroatoms. The van der Waals surface area contributed by atoms with Gasteiger partial charge < -0.3 is 0 Å². The van der Waals surface area contributed by atoms with Crippen LogP contribution in [0.15, 0.2) is 76.9 Å². The lowest BCUT2D eigenvalue weighted by atomic mass is 9.87. The van der Waals surface area contributed by atoms with E-state index in [0.717, 1.165) is 0 Å². The number of benzene rings is 1. The third-order valence-electron chi connectivity index (χ3n) is 5.18. The van der Waals surface area contributed by atoms with E-state index in [1.54, 1.807) is 11.1 Å². The molecule has 0 nitrogen and oxygen atoms in total. The normalized spacial score (nSPS) is 24.0. The first-order valence-electron chi connectivity index (χ1n) is 8.86. The smallest absolute Gasteiger partial charge is 0.0439 e. The molecule has 0 radical (unpaired) electrons. The molecule has 0 amide bonds. The molecule has 2 atom stereocenters. The maximum Gasteiger partial charge on any atom is 0.0439 e. The molecule has 0 N–H and O–H groups in total. The lowest BCUT2D eigenvalue weighted by molar-refractivity contribution is 0.781. The minimum Gasteiger partial charge on any atom is -0.0714 e. The summed E-state index contributed by atoms with van der Waals surface area (Å²) in [5, 5.41) is 0. The second-order valence-electron chi connectivity index (χ2n) is 7.56. The first-order chi connectivity index (χ1) is 11.0. The van der Waals surface area contributed by atoms with Crippen molar-refractivity contribution in [3.8, 4) is 0 Å². The predicted molar refractivity (Wildman–Crippen MR) is 105 cm³/mol. The highest BCUT2D eigenvalue weighted by Crippen LogP contribution is 2.47. The molecule has 2 aliphatic rings. The summed E-state index contributed by atoms with van der Waals surface area (Å²) in [4.78, 5) is 0. The van der Waals surface area contributed by atoms with Crippen molar-refractivity contribution in [1.29, 1.82) is 0 Å². The molecule has 0 saturated carbocycles. The number of hydrogen-bond donors (Lipinski definition) is 0. The van der Waals surface area contributed by atoms with Gasteiger partial charge in [-0.05, 0) is 40.7 Å². The standard InChI is InChI=1S/C22H28Si/c1-15(2)18-11-12-19-21(13-16(3)22(19)23(4)5)20(14-18)17-9-7-6-8-10-17/h6-15,20,22-23H,1-5H3. The van der Waals surface area contributed by atoms with Crippen LogP contribution >= 0.6 is 0 Å². The highest BCUT2D eigenvalue weighted by Gasteiger charge is 2.31. The second-order valence-corrected chi connectivity index (χ2v) is 10.7. The lowest BCUT2D eigenvalue weighted by Crippen LogP contribution is -2.13. The molecule has 0 saturated heterocycles. The van der Waals surface area contributed by atoms with E-state index in [1.165, 1.54) is 16.7 Å². The van der Waals surface area contributed by atoms with Crippen molar-refractivity contribution in [2.45, 2.75) is 45.3 Å². The summed E-state index contributed by atoms with van der Waals surface area (Å²) in [5.41, 5.74) is 8.27. The molecule has 23 heavy (non-hydrogen) atoms. The van der Waals surface area contributed by atoms with Crippen molar-refractivity contribution >= 4 is 8.80 Å². The fourth-order valence-electron chi connectivity index (χ4n) is 4.04. The zero-order chi connectivity index (χ0) is 16.6.